The summed E-state index contributed by atoms with van der Waals surface area (Å²) in [5.74, 6) is -1.24. The van der Waals surface area contributed by atoms with Gasteiger partial charge in [0.15, 0.2) is 0 Å². The Balaban J connectivity index is 2.53. The molecule has 0 amide bonds. The van der Waals surface area contributed by atoms with Crippen LogP contribution in [0, 0.1) is 22.7 Å². The van der Waals surface area contributed by atoms with Crippen LogP contribution in [-0.4, -0.2) is 69.8 Å². The summed E-state index contributed by atoms with van der Waals surface area (Å²) in [5, 5.41) is 21.7. The molecule has 0 atom stereocenters. The second-order valence-electron chi connectivity index (χ2n) is 15.3. The zero-order valence-corrected chi connectivity index (χ0v) is 36.3. The van der Waals surface area contributed by atoms with Crippen molar-refractivity contribution in [2.24, 2.45) is 0 Å². The fourth-order valence-corrected chi connectivity index (χ4v) is 157. The summed E-state index contributed by atoms with van der Waals surface area (Å²) in [6, 6.07) is 21.1. The lowest BCUT2D eigenvalue weighted by molar-refractivity contribution is -0.136. The molecule has 0 bridgehead atoms. The van der Waals surface area contributed by atoms with Crippen LogP contribution < -0.4 is 10.4 Å². The van der Waals surface area contributed by atoms with E-state index >= 15 is 0 Å². The van der Waals surface area contributed by atoms with Crippen molar-refractivity contribution in [3.05, 3.63) is 70.8 Å². The van der Waals surface area contributed by atoms with Crippen molar-refractivity contribution in [1.29, 1.82) is 10.5 Å². The number of nitriles is 2. The molecule has 0 radical (unpaired) electrons. The van der Waals surface area contributed by atoms with Crippen molar-refractivity contribution >= 4 is 78.1 Å². The summed E-state index contributed by atoms with van der Waals surface area (Å²) in [6.45, 7) is 32.0. The molecule has 12 heteroatoms. The van der Waals surface area contributed by atoms with Crippen LogP contribution in [0.2, 0.25) is 78.6 Å². The standard InChI is InChI=1S/C34H52N2O4Si6/c1-39-33(37)29(25-35)23-27-15-19-31(20-16-27)41(3,4)43(7,8)45(11,12)46(13,14)44(9,10)42(5,6)32-21-17-28(18-22-32)24-30(26-36)34(38)40-2/h15-24H,1-14H3/b29-23-,30-24+. The zero-order valence-electron chi connectivity index (χ0n) is 30.3. The maximum Gasteiger partial charge on any atom is 0.348 e. The second kappa shape index (κ2) is 14.1. The lowest BCUT2D eigenvalue weighted by atomic mass is 10.1. The van der Waals surface area contributed by atoms with Crippen molar-refractivity contribution in [3.63, 3.8) is 0 Å². The smallest absolute Gasteiger partial charge is 0.348 e. The van der Waals surface area contributed by atoms with Gasteiger partial charge in [0, 0.05) is 28.4 Å². The molecule has 0 fully saturated rings. The molecule has 0 aliphatic carbocycles. The van der Waals surface area contributed by atoms with E-state index in [0.29, 0.717) is 0 Å². The van der Waals surface area contributed by atoms with Crippen molar-refractivity contribution < 1.29 is 19.1 Å². The molecule has 2 aromatic carbocycles. The minimum Gasteiger partial charge on any atom is -0.465 e. The van der Waals surface area contributed by atoms with E-state index in [1.807, 2.05) is 36.4 Å². The molecule has 0 heterocycles. The van der Waals surface area contributed by atoms with Gasteiger partial charge in [0.05, 0.1) is 29.4 Å². The lowest BCUT2D eigenvalue weighted by Gasteiger charge is -2.62. The van der Waals surface area contributed by atoms with Crippen LogP contribution in [0.5, 0.6) is 0 Å². The van der Waals surface area contributed by atoms with E-state index in [9.17, 15) is 20.1 Å². The van der Waals surface area contributed by atoms with Gasteiger partial charge >= 0.3 is 11.9 Å². The Bertz CT molecular complexity index is 1490. The first kappa shape index (κ1) is 39.3. The highest BCUT2D eigenvalue weighted by atomic mass is 30.0. The van der Waals surface area contributed by atoms with Crippen molar-refractivity contribution in [2.75, 3.05) is 14.2 Å². The van der Waals surface area contributed by atoms with E-state index in [1.165, 1.54) is 24.6 Å². The van der Waals surface area contributed by atoms with Gasteiger partial charge in [-0.25, -0.2) is 9.59 Å². The van der Waals surface area contributed by atoms with E-state index in [2.05, 4.69) is 103 Å². The van der Waals surface area contributed by atoms with E-state index in [0.717, 1.165) is 11.1 Å². The van der Waals surface area contributed by atoms with Gasteiger partial charge in [0.25, 0.3) is 0 Å². The van der Waals surface area contributed by atoms with Crippen LogP contribution >= 0.6 is 0 Å². The predicted octanol–water partition coefficient (Wildman–Crippen LogP) is 6.60. The van der Waals surface area contributed by atoms with E-state index in [1.54, 1.807) is 12.2 Å². The Morgan fingerprint density at radius 3 is 1.00 bits per heavy atom. The maximum atomic E-state index is 11.9. The molecule has 0 spiro atoms. The maximum absolute atomic E-state index is 11.9. The Morgan fingerprint density at radius 1 is 0.522 bits per heavy atom. The number of hydrogen-bond acceptors (Lipinski definition) is 6. The molecule has 6 nitrogen and oxygen atoms in total. The number of ether oxygens (including phenoxy) is 2. The van der Waals surface area contributed by atoms with Crippen LogP contribution in [0.4, 0.5) is 0 Å². The third-order valence-electron chi connectivity index (χ3n) is 12.8. The molecule has 2 rings (SSSR count). The summed E-state index contributed by atoms with van der Waals surface area (Å²) >= 11 is 0. The van der Waals surface area contributed by atoms with Gasteiger partial charge in [-0.15, -0.1) is 0 Å². The van der Waals surface area contributed by atoms with Crippen LogP contribution in [-0.2, 0) is 19.1 Å². The van der Waals surface area contributed by atoms with Crippen LogP contribution in [0.1, 0.15) is 11.1 Å². The summed E-state index contributed by atoms with van der Waals surface area (Å²) in [7, 11) is -8.25. The van der Waals surface area contributed by atoms with Gasteiger partial charge in [0.1, 0.15) is 23.3 Å². The summed E-state index contributed by atoms with van der Waals surface area (Å²) in [4.78, 5) is 23.9. The van der Waals surface area contributed by atoms with Gasteiger partial charge in [0.2, 0.25) is 0 Å². The SMILES string of the molecule is COC(=O)/C(C#N)=C\c1ccc([Si](C)(C)[Si](C)(C)[Si](C)(C)[Si](C)(C)[Si](C)(C)[Si](C)(C)c2ccc(/C=C(\C#N)C(=O)OC)cc2)cc1. The fraction of sp³-hybridized carbons (Fsp3) is 0.412. The highest BCUT2D eigenvalue weighted by Crippen LogP contribution is 2.42. The number of methoxy groups -OCH3 is 2. The predicted molar refractivity (Wildman–Crippen MR) is 208 cm³/mol. The molecule has 0 saturated heterocycles. The van der Waals surface area contributed by atoms with E-state index in [-0.39, 0.29) is 11.1 Å². The minimum atomic E-state index is -1.88. The third kappa shape index (κ3) is 6.88. The average molecular weight is 721 g/mol. The Kier molecular flexibility index (Phi) is 12.0. The lowest BCUT2D eigenvalue weighted by Crippen LogP contribution is -2.90. The van der Waals surface area contributed by atoms with Crippen molar-refractivity contribution in [2.45, 2.75) is 78.6 Å². The summed E-state index contributed by atoms with van der Waals surface area (Å²) < 4.78 is 9.50. The van der Waals surface area contributed by atoms with Crippen molar-refractivity contribution in [3.8, 4) is 12.1 Å². The molecule has 2 aromatic rings. The molecule has 46 heavy (non-hydrogen) atoms. The minimum absolute atomic E-state index is 0.000869. The number of carbonyl (C=O) groups is 2. The molecule has 0 aliphatic rings. The summed E-state index contributed by atoms with van der Waals surface area (Å²) in [6.07, 6.45) is 3.21. The number of hydrogen-bond donors (Lipinski definition) is 0. The second-order valence-corrected chi connectivity index (χ2v) is 79.5. The first-order chi connectivity index (χ1) is 21.0. The summed E-state index contributed by atoms with van der Waals surface area (Å²) in [5.41, 5.74) is 1.66. The van der Waals surface area contributed by atoms with Crippen molar-refractivity contribution in [1.82, 2.24) is 0 Å². The first-order valence-electron chi connectivity index (χ1n) is 15.6. The number of benzene rings is 2. The van der Waals surface area contributed by atoms with Crippen LogP contribution in [0.15, 0.2) is 59.7 Å². The van der Waals surface area contributed by atoms with Gasteiger partial charge < -0.3 is 9.47 Å². The van der Waals surface area contributed by atoms with Gasteiger partial charge in [-0.3, -0.25) is 0 Å². The van der Waals surface area contributed by atoms with Gasteiger partial charge in [-0.05, 0) is 23.3 Å². The van der Waals surface area contributed by atoms with E-state index in [4.69, 9.17) is 9.47 Å². The molecular weight excluding hydrogens is 669 g/mol. The zero-order chi connectivity index (χ0) is 35.5. The number of nitrogens with zero attached hydrogens (tertiary/aromatic N) is 2. The van der Waals surface area contributed by atoms with Gasteiger partial charge in [-0.2, -0.15) is 10.5 Å². The highest BCUT2D eigenvalue weighted by molar-refractivity contribution is 7.98. The molecule has 246 valence electrons. The van der Waals surface area contributed by atoms with Gasteiger partial charge in [-0.1, -0.05) is 137 Å². The number of carbonyl (C=O) groups excluding carboxylic acids is 2. The number of esters is 2. The fourth-order valence-electron chi connectivity index (χ4n) is 6.67. The van der Waals surface area contributed by atoms with Crippen LogP contribution in [0.3, 0.4) is 0 Å². The quantitative estimate of drug-likeness (QED) is 0.112. The Morgan fingerprint density at radius 2 is 0.783 bits per heavy atom. The molecule has 0 unspecified atom stereocenters. The Labute approximate surface area is 282 Å². The monoisotopic (exact) mass is 720 g/mol. The van der Waals surface area contributed by atoms with E-state index < -0.39 is 55.6 Å². The molecule has 0 saturated carbocycles. The average Bonchev–Trinajstić information content (AvgIpc) is 3.01. The highest BCUT2D eigenvalue weighted by Gasteiger charge is 2.66. The normalized spacial score (nSPS) is 13.8. The molecule has 0 N–H and O–H groups in total. The largest absolute Gasteiger partial charge is 0.465 e. The van der Waals surface area contributed by atoms with Crippen LogP contribution in [0.25, 0.3) is 12.2 Å². The third-order valence-corrected chi connectivity index (χ3v) is 132. The Hall–Kier alpha value is -2.86. The molecule has 0 aromatic heterocycles. The first-order valence-corrected chi connectivity index (χ1v) is 38.6. The number of rotatable bonds is 11. The molecule has 0 aliphatic heterocycles. The topological polar surface area (TPSA) is 100 Å². The molecular formula is C34H52N2O4Si6.